The number of carbonyl (C=O) groups is 1. The van der Waals surface area contributed by atoms with Crippen LogP contribution in [0.4, 0.5) is 0 Å². The Bertz CT molecular complexity index is 788. The van der Waals surface area contributed by atoms with Crippen molar-refractivity contribution < 1.29 is 15.0 Å². The number of hydrogen-bond acceptors (Lipinski definition) is 4. The first-order valence-corrected chi connectivity index (χ1v) is 7.86. The average molecular weight is 375 g/mol. The van der Waals surface area contributed by atoms with E-state index in [4.69, 9.17) is 0 Å². The van der Waals surface area contributed by atoms with Crippen LogP contribution in [-0.4, -0.2) is 32.6 Å². The number of phenols is 1. The summed E-state index contributed by atoms with van der Waals surface area (Å²) in [6.45, 7) is 1.53. The predicted molar refractivity (Wildman–Crippen MR) is 90.2 cm³/mol. The number of amides is 1. The summed E-state index contributed by atoms with van der Waals surface area (Å²) in [5.74, 6) is -0.711. The summed E-state index contributed by atoms with van der Waals surface area (Å²) in [7, 11) is 0. The monoisotopic (exact) mass is 374 g/mol. The van der Waals surface area contributed by atoms with Crippen molar-refractivity contribution in [3.63, 3.8) is 0 Å². The molecular weight excluding hydrogens is 360 g/mol. The molecule has 0 spiro atoms. The van der Waals surface area contributed by atoms with Crippen LogP contribution in [0.15, 0.2) is 58.1 Å². The number of aromatic hydroxyl groups is 1. The SMILES string of the molecule is CC1(O)CC(c2ccccc2)=NN1C(=O)c1cc(Br)ccc1O. The molecule has 5 nitrogen and oxygen atoms in total. The second-order valence-corrected chi connectivity index (χ2v) is 6.50. The maximum Gasteiger partial charge on any atom is 0.280 e. The van der Waals surface area contributed by atoms with E-state index in [9.17, 15) is 15.0 Å². The van der Waals surface area contributed by atoms with Gasteiger partial charge in [-0.1, -0.05) is 46.3 Å². The Labute approximate surface area is 142 Å². The third-order valence-corrected chi connectivity index (χ3v) is 4.16. The summed E-state index contributed by atoms with van der Waals surface area (Å²) in [6, 6.07) is 13.9. The molecule has 0 fully saturated rings. The zero-order valence-electron chi connectivity index (χ0n) is 12.4. The Morgan fingerprint density at radius 2 is 1.96 bits per heavy atom. The zero-order valence-corrected chi connectivity index (χ0v) is 14.0. The summed E-state index contributed by atoms with van der Waals surface area (Å²) in [5.41, 5.74) is 0.106. The lowest BCUT2D eigenvalue weighted by molar-refractivity contribution is -0.0554. The number of hydrazone groups is 1. The number of nitrogens with zero attached hydrogens (tertiary/aromatic N) is 2. The highest BCUT2D eigenvalue weighted by atomic mass is 79.9. The molecule has 0 saturated carbocycles. The standard InChI is InChI=1S/C17H15BrN2O3/c1-17(23)10-14(11-5-3-2-4-6-11)19-20(17)16(22)13-9-12(18)7-8-15(13)21/h2-9,21,23H,10H2,1H3. The van der Waals surface area contributed by atoms with Crippen molar-refractivity contribution in [2.75, 3.05) is 0 Å². The van der Waals surface area contributed by atoms with Crippen molar-refractivity contribution in [2.24, 2.45) is 5.10 Å². The van der Waals surface area contributed by atoms with Crippen molar-refractivity contribution in [3.05, 3.63) is 64.1 Å². The van der Waals surface area contributed by atoms with Crippen LogP contribution in [0.25, 0.3) is 0 Å². The van der Waals surface area contributed by atoms with Crippen LogP contribution in [0.2, 0.25) is 0 Å². The second-order valence-electron chi connectivity index (χ2n) is 5.58. The maximum atomic E-state index is 12.7. The molecule has 0 bridgehead atoms. The van der Waals surface area contributed by atoms with E-state index < -0.39 is 11.6 Å². The minimum absolute atomic E-state index is 0.0812. The van der Waals surface area contributed by atoms with Crippen molar-refractivity contribution in [1.82, 2.24) is 5.01 Å². The van der Waals surface area contributed by atoms with Gasteiger partial charge in [-0.25, -0.2) is 0 Å². The highest BCUT2D eigenvalue weighted by Crippen LogP contribution is 2.32. The van der Waals surface area contributed by atoms with Crippen LogP contribution >= 0.6 is 15.9 Å². The van der Waals surface area contributed by atoms with Gasteiger partial charge in [0.25, 0.3) is 5.91 Å². The Kier molecular flexibility index (Phi) is 3.95. The molecule has 0 saturated heterocycles. The fourth-order valence-electron chi connectivity index (χ4n) is 2.50. The summed E-state index contributed by atoms with van der Waals surface area (Å²) < 4.78 is 0.657. The highest BCUT2D eigenvalue weighted by molar-refractivity contribution is 9.10. The molecule has 23 heavy (non-hydrogen) atoms. The molecule has 1 atom stereocenters. The molecule has 2 N–H and O–H groups in total. The summed E-state index contributed by atoms with van der Waals surface area (Å²) in [5, 5.41) is 25.8. The number of rotatable bonds is 2. The number of benzene rings is 2. The largest absolute Gasteiger partial charge is 0.507 e. The minimum atomic E-state index is -1.45. The van der Waals surface area contributed by atoms with E-state index in [1.165, 1.54) is 19.1 Å². The van der Waals surface area contributed by atoms with Gasteiger partial charge in [-0.15, -0.1) is 0 Å². The third-order valence-electron chi connectivity index (χ3n) is 3.67. The maximum absolute atomic E-state index is 12.7. The first kappa shape index (κ1) is 15.7. The molecule has 0 aromatic heterocycles. The van der Waals surface area contributed by atoms with Gasteiger partial charge in [0.15, 0.2) is 5.72 Å². The molecule has 1 amide bonds. The van der Waals surface area contributed by atoms with E-state index in [1.54, 1.807) is 6.07 Å². The van der Waals surface area contributed by atoms with Gasteiger partial charge in [0.1, 0.15) is 5.75 Å². The van der Waals surface area contributed by atoms with Gasteiger partial charge >= 0.3 is 0 Å². The molecule has 1 unspecified atom stereocenters. The molecule has 0 radical (unpaired) electrons. The van der Waals surface area contributed by atoms with Crippen LogP contribution in [0.5, 0.6) is 5.75 Å². The van der Waals surface area contributed by atoms with Gasteiger partial charge in [0, 0.05) is 10.9 Å². The van der Waals surface area contributed by atoms with Gasteiger partial charge < -0.3 is 10.2 Å². The van der Waals surface area contributed by atoms with Crippen LogP contribution in [0, 0.1) is 0 Å². The molecule has 1 aliphatic rings. The van der Waals surface area contributed by atoms with E-state index >= 15 is 0 Å². The van der Waals surface area contributed by atoms with Crippen LogP contribution in [0.1, 0.15) is 29.3 Å². The smallest absolute Gasteiger partial charge is 0.280 e. The molecule has 118 valence electrons. The summed E-state index contributed by atoms with van der Waals surface area (Å²) in [4.78, 5) is 12.7. The molecular formula is C17H15BrN2O3. The van der Waals surface area contributed by atoms with Crippen molar-refractivity contribution in [3.8, 4) is 5.75 Å². The lowest BCUT2D eigenvalue weighted by Gasteiger charge is -2.27. The van der Waals surface area contributed by atoms with E-state index in [0.29, 0.717) is 10.2 Å². The minimum Gasteiger partial charge on any atom is -0.507 e. The predicted octanol–water partition coefficient (Wildman–Crippen LogP) is 3.11. The Balaban J connectivity index is 1.99. The molecule has 2 aromatic rings. The Morgan fingerprint density at radius 1 is 1.26 bits per heavy atom. The topological polar surface area (TPSA) is 73.1 Å². The number of hydrogen-bond donors (Lipinski definition) is 2. The van der Waals surface area contributed by atoms with E-state index in [-0.39, 0.29) is 17.7 Å². The molecule has 2 aromatic carbocycles. The first-order chi connectivity index (χ1) is 10.9. The summed E-state index contributed by atoms with van der Waals surface area (Å²) >= 11 is 3.27. The van der Waals surface area contributed by atoms with Gasteiger partial charge in [0.2, 0.25) is 0 Å². The van der Waals surface area contributed by atoms with E-state index in [0.717, 1.165) is 10.6 Å². The van der Waals surface area contributed by atoms with Crippen LogP contribution in [0.3, 0.4) is 0 Å². The van der Waals surface area contributed by atoms with Crippen LogP contribution in [-0.2, 0) is 0 Å². The number of phenolic OH excluding ortho intramolecular Hbond substituents is 1. The average Bonchev–Trinajstić information content (AvgIpc) is 2.85. The quantitative estimate of drug-likeness (QED) is 0.847. The fourth-order valence-corrected chi connectivity index (χ4v) is 2.87. The zero-order chi connectivity index (χ0) is 16.6. The van der Waals surface area contributed by atoms with Crippen molar-refractivity contribution >= 4 is 27.5 Å². The van der Waals surface area contributed by atoms with Gasteiger partial charge in [0.05, 0.1) is 11.3 Å². The first-order valence-electron chi connectivity index (χ1n) is 7.07. The lowest BCUT2D eigenvalue weighted by atomic mass is 10.0. The van der Waals surface area contributed by atoms with Crippen LogP contribution < -0.4 is 0 Å². The highest BCUT2D eigenvalue weighted by Gasteiger charge is 2.41. The number of aliphatic hydroxyl groups is 1. The van der Waals surface area contributed by atoms with Crippen molar-refractivity contribution in [1.29, 1.82) is 0 Å². The normalized spacial score (nSPS) is 20.5. The second kappa shape index (κ2) is 5.79. The van der Waals surface area contributed by atoms with E-state index in [1.807, 2.05) is 30.3 Å². The summed E-state index contributed by atoms with van der Waals surface area (Å²) in [6.07, 6.45) is 0.220. The Hall–Kier alpha value is -2.18. The van der Waals surface area contributed by atoms with Gasteiger partial charge in [-0.05, 0) is 30.7 Å². The van der Waals surface area contributed by atoms with E-state index in [2.05, 4.69) is 21.0 Å². The molecule has 0 aliphatic carbocycles. The van der Waals surface area contributed by atoms with Crippen molar-refractivity contribution in [2.45, 2.75) is 19.1 Å². The number of carbonyl (C=O) groups excluding carboxylic acids is 1. The lowest BCUT2D eigenvalue weighted by Crippen LogP contribution is -2.43. The molecule has 6 heteroatoms. The Morgan fingerprint density at radius 3 is 2.65 bits per heavy atom. The van der Waals surface area contributed by atoms with Gasteiger partial charge in [-0.2, -0.15) is 10.1 Å². The van der Waals surface area contributed by atoms with Gasteiger partial charge in [-0.3, -0.25) is 4.79 Å². The molecule has 1 aliphatic heterocycles. The number of halogens is 1. The third kappa shape index (κ3) is 3.00. The molecule has 3 rings (SSSR count). The fraction of sp³-hybridized carbons (Fsp3) is 0.176. The molecule has 1 heterocycles.